The third-order valence-corrected chi connectivity index (χ3v) is 3.87. The molecule has 0 amide bonds. The Morgan fingerprint density at radius 1 is 1.25 bits per heavy atom. The number of H-pyrrole nitrogens is 1. The highest BCUT2D eigenvalue weighted by molar-refractivity contribution is 5.98. The van der Waals surface area contributed by atoms with Crippen LogP contribution < -0.4 is 15.2 Å². The fraction of sp³-hybridized carbons (Fsp3) is 0.176. The van der Waals surface area contributed by atoms with Gasteiger partial charge >= 0.3 is 0 Å². The number of fused-ring (bicyclic) bond motifs is 1. The Bertz CT molecular complexity index is 947. The lowest BCUT2D eigenvalue weighted by molar-refractivity contribution is 0.333. The van der Waals surface area contributed by atoms with Gasteiger partial charge in [0.15, 0.2) is 11.5 Å². The zero-order valence-electron chi connectivity index (χ0n) is 13.6. The van der Waals surface area contributed by atoms with Crippen molar-refractivity contribution >= 4 is 16.9 Å². The molecule has 0 spiro atoms. The van der Waals surface area contributed by atoms with E-state index in [0.29, 0.717) is 28.2 Å². The summed E-state index contributed by atoms with van der Waals surface area (Å²) in [5.74, 6) is 1.15. The van der Waals surface area contributed by atoms with Crippen LogP contribution in [0.25, 0.3) is 22.4 Å². The van der Waals surface area contributed by atoms with Crippen LogP contribution in [0.15, 0.2) is 24.3 Å². The Balaban J connectivity index is 2.22. The Morgan fingerprint density at radius 2 is 2.00 bits per heavy atom. The summed E-state index contributed by atoms with van der Waals surface area (Å²) < 4.78 is 10.5. The number of nitrogens with zero attached hydrogens (tertiary/aromatic N) is 1. The van der Waals surface area contributed by atoms with Gasteiger partial charge in [-0.15, -0.1) is 0 Å². The predicted octanol–water partition coefficient (Wildman–Crippen LogP) is 2.55. The number of aromatic amines is 1. The van der Waals surface area contributed by atoms with Gasteiger partial charge in [-0.25, -0.2) is 4.98 Å². The van der Waals surface area contributed by atoms with Crippen LogP contribution in [0.5, 0.6) is 17.2 Å². The maximum atomic E-state index is 10.6. The summed E-state index contributed by atoms with van der Waals surface area (Å²) in [6.45, 7) is 1.85. The Kier molecular flexibility index (Phi) is 3.76. The fourth-order valence-electron chi connectivity index (χ4n) is 2.69. The Hall–Kier alpha value is -3.22. The number of rotatable bonds is 4. The zero-order chi connectivity index (χ0) is 17.4. The summed E-state index contributed by atoms with van der Waals surface area (Å²) in [7, 11) is 2.98. The topological polar surface area (TPSA) is 117 Å². The van der Waals surface area contributed by atoms with E-state index in [2.05, 4.69) is 9.97 Å². The summed E-state index contributed by atoms with van der Waals surface area (Å²) in [6, 6.07) is 7.04. The van der Waals surface area contributed by atoms with Gasteiger partial charge in [-0.1, -0.05) is 0 Å². The van der Waals surface area contributed by atoms with Crippen LogP contribution >= 0.6 is 0 Å². The van der Waals surface area contributed by atoms with Crippen molar-refractivity contribution in [2.75, 3.05) is 14.2 Å². The molecule has 2 aromatic carbocycles. The van der Waals surface area contributed by atoms with Gasteiger partial charge in [0, 0.05) is 5.56 Å². The molecule has 1 heterocycles. The maximum Gasteiger partial charge on any atom is 0.203 e. The quantitative estimate of drug-likeness (QED) is 0.434. The molecule has 7 heteroatoms. The number of nitrogen functional groups attached to an aromatic ring is 1. The second-order valence-corrected chi connectivity index (χ2v) is 5.38. The minimum absolute atomic E-state index is 0.0156. The highest BCUT2D eigenvalue weighted by atomic mass is 16.5. The molecule has 0 aliphatic rings. The van der Waals surface area contributed by atoms with Crippen LogP contribution in [-0.2, 0) is 0 Å². The minimum atomic E-state index is -0.0415. The van der Waals surface area contributed by atoms with Crippen molar-refractivity contribution in [3.8, 4) is 28.6 Å². The molecule has 3 aromatic rings. The normalized spacial score (nSPS) is 10.8. The molecule has 0 saturated carbocycles. The SMILES string of the molecule is COc1cc(C)c(-c2nc3ccc(C(=N)N)cc3[nH]2)c(O)c1OC. The number of aryl methyl sites for hydroxylation is 1. The molecule has 0 unspecified atom stereocenters. The standard InChI is InChI=1S/C17H18N4O3/c1-8-6-12(23-2)15(24-3)14(22)13(8)17-20-10-5-4-9(16(18)19)7-11(10)21-17/h4-7,22H,1-3H3,(H3,18,19)(H,20,21). The second kappa shape index (κ2) is 5.77. The van der Waals surface area contributed by atoms with Crippen LogP contribution in [0.3, 0.4) is 0 Å². The lowest BCUT2D eigenvalue weighted by atomic mass is 10.1. The molecule has 24 heavy (non-hydrogen) atoms. The Morgan fingerprint density at radius 3 is 2.62 bits per heavy atom. The summed E-state index contributed by atoms with van der Waals surface area (Å²) in [4.78, 5) is 7.67. The van der Waals surface area contributed by atoms with E-state index in [0.717, 1.165) is 11.1 Å². The zero-order valence-corrected chi connectivity index (χ0v) is 13.6. The predicted molar refractivity (Wildman–Crippen MR) is 92.1 cm³/mol. The molecule has 0 fully saturated rings. The number of ether oxygens (including phenoxy) is 2. The smallest absolute Gasteiger partial charge is 0.203 e. The first-order valence-electron chi connectivity index (χ1n) is 7.25. The molecule has 0 bridgehead atoms. The number of hydrogen-bond donors (Lipinski definition) is 4. The lowest BCUT2D eigenvalue weighted by Gasteiger charge is -2.14. The number of amidine groups is 1. The lowest BCUT2D eigenvalue weighted by Crippen LogP contribution is -2.10. The first kappa shape index (κ1) is 15.7. The van der Waals surface area contributed by atoms with E-state index >= 15 is 0 Å². The van der Waals surface area contributed by atoms with Crippen molar-refractivity contribution in [2.24, 2.45) is 5.73 Å². The number of phenols is 1. The van der Waals surface area contributed by atoms with Crippen molar-refractivity contribution in [1.29, 1.82) is 5.41 Å². The van der Waals surface area contributed by atoms with Crippen LogP contribution in [-0.4, -0.2) is 35.1 Å². The van der Waals surface area contributed by atoms with Gasteiger partial charge in [-0.3, -0.25) is 5.41 Å². The largest absolute Gasteiger partial charge is 0.504 e. The fourth-order valence-corrected chi connectivity index (χ4v) is 2.69. The maximum absolute atomic E-state index is 10.6. The van der Waals surface area contributed by atoms with Crippen LogP contribution in [0.2, 0.25) is 0 Å². The van der Waals surface area contributed by atoms with Crippen molar-refractivity contribution in [3.05, 3.63) is 35.4 Å². The average molecular weight is 326 g/mol. The van der Waals surface area contributed by atoms with Crippen molar-refractivity contribution < 1.29 is 14.6 Å². The van der Waals surface area contributed by atoms with Gasteiger partial charge in [0.25, 0.3) is 0 Å². The molecule has 0 aliphatic carbocycles. The van der Waals surface area contributed by atoms with Gasteiger partial charge in [0.05, 0.1) is 30.8 Å². The van der Waals surface area contributed by atoms with Gasteiger partial charge in [0.1, 0.15) is 11.7 Å². The van der Waals surface area contributed by atoms with Crippen molar-refractivity contribution in [2.45, 2.75) is 6.92 Å². The van der Waals surface area contributed by atoms with Gasteiger partial charge in [0.2, 0.25) is 5.75 Å². The van der Waals surface area contributed by atoms with Crippen molar-refractivity contribution in [1.82, 2.24) is 9.97 Å². The van der Waals surface area contributed by atoms with E-state index in [9.17, 15) is 5.11 Å². The number of phenolic OH excluding ortho intramolecular Hbond substituents is 1. The molecule has 5 N–H and O–H groups in total. The first-order valence-corrected chi connectivity index (χ1v) is 7.25. The summed E-state index contributed by atoms with van der Waals surface area (Å²) in [5.41, 5.74) is 8.89. The third-order valence-electron chi connectivity index (χ3n) is 3.87. The van der Waals surface area contributed by atoms with E-state index in [-0.39, 0.29) is 17.3 Å². The number of nitrogens with one attached hydrogen (secondary N) is 2. The number of benzene rings is 2. The van der Waals surface area contributed by atoms with Crippen molar-refractivity contribution in [3.63, 3.8) is 0 Å². The molecule has 0 saturated heterocycles. The van der Waals surface area contributed by atoms with Crippen LogP contribution in [0.4, 0.5) is 0 Å². The van der Waals surface area contributed by atoms with Gasteiger partial charge in [-0.05, 0) is 36.8 Å². The van der Waals surface area contributed by atoms with E-state index in [1.54, 1.807) is 24.3 Å². The molecular formula is C17H18N4O3. The molecular weight excluding hydrogens is 308 g/mol. The molecule has 0 atom stereocenters. The van der Waals surface area contributed by atoms with Gasteiger partial charge < -0.3 is 25.3 Å². The van der Waals surface area contributed by atoms with Crippen LogP contribution in [0.1, 0.15) is 11.1 Å². The summed E-state index contributed by atoms with van der Waals surface area (Å²) in [6.07, 6.45) is 0. The minimum Gasteiger partial charge on any atom is -0.504 e. The number of aromatic nitrogens is 2. The number of aromatic hydroxyl groups is 1. The molecule has 0 radical (unpaired) electrons. The molecule has 1 aromatic heterocycles. The molecule has 0 aliphatic heterocycles. The van der Waals surface area contributed by atoms with E-state index in [4.69, 9.17) is 20.6 Å². The summed E-state index contributed by atoms with van der Waals surface area (Å²) >= 11 is 0. The number of imidazole rings is 1. The average Bonchev–Trinajstić information content (AvgIpc) is 2.96. The molecule has 3 rings (SSSR count). The van der Waals surface area contributed by atoms with Crippen LogP contribution in [0, 0.1) is 12.3 Å². The third kappa shape index (κ3) is 2.40. The molecule has 7 nitrogen and oxygen atoms in total. The molecule has 124 valence electrons. The highest BCUT2D eigenvalue weighted by Crippen LogP contribution is 2.45. The Labute approximate surface area is 138 Å². The number of hydrogen-bond acceptors (Lipinski definition) is 5. The monoisotopic (exact) mass is 326 g/mol. The van der Waals surface area contributed by atoms with Gasteiger partial charge in [-0.2, -0.15) is 0 Å². The highest BCUT2D eigenvalue weighted by Gasteiger charge is 2.21. The van der Waals surface area contributed by atoms with E-state index in [1.165, 1.54) is 14.2 Å². The first-order chi connectivity index (χ1) is 11.5. The number of nitrogens with two attached hydrogens (primary N) is 1. The number of methoxy groups -OCH3 is 2. The van der Waals surface area contributed by atoms with E-state index < -0.39 is 0 Å². The summed E-state index contributed by atoms with van der Waals surface area (Å²) in [5, 5.41) is 18.1. The van der Waals surface area contributed by atoms with E-state index in [1.807, 2.05) is 6.92 Å². The second-order valence-electron chi connectivity index (χ2n) is 5.38.